The van der Waals surface area contributed by atoms with Crippen molar-refractivity contribution in [1.29, 1.82) is 0 Å². The Balaban J connectivity index is 1.96. The summed E-state index contributed by atoms with van der Waals surface area (Å²) >= 11 is 3.03. The van der Waals surface area contributed by atoms with E-state index < -0.39 is 53.2 Å². The number of amides is 1. The number of aliphatic hydroxyl groups is 1. The van der Waals surface area contributed by atoms with Gasteiger partial charge < -0.3 is 20.0 Å². The molecule has 3 N–H and O–H groups in total. The number of aliphatic hydroxyl groups excluding tert-OH is 1. The maximum absolute atomic E-state index is 14.3. The SMILES string of the molecule is NC(=O)c1c(F)ccc(O[C@H](CO)c2nc(-c3ccc(F)cc3F)c(Br)o2)c1F. The van der Waals surface area contributed by atoms with E-state index in [9.17, 15) is 27.5 Å². The van der Waals surface area contributed by atoms with Crippen LogP contribution in [-0.4, -0.2) is 22.6 Å². The van der Waals surface area contributed by atoms with Gasteiger partial charge in [-0.15, -0.1) is 0 Å². The lowest BCUT2D eigenvalue weighted by molar-refractivity contribution is 0.0880. The Labute approximate surface area is 169 Å². The third kappa shape index (κ3) is 4.10. The molecular weight excluding hydrogens is 464 g/mol. The fourth-order valence-electron chi connectivity index (χ4n) is 2.47. The number of aromatic nitrogens is 1. The lowest BCUT2D eigenvalue weighted by Crippen LogP contribution is -2.18. The molecule has 1 amide bonds. The van der Waals surface area contributed by atoms with Gasteiger partial charge in [-0.1, -0.05) is 0 Å². The molecule has 0 fully saturated rings. The number of carbonyl (C=O) groups is 1. The molecule has 3 rings (SSSR count). The molecule has 0 spiro atoms. The molecule has 1 atom stereocenters. The molecule has 0 unspecified atom stereocenters. The quantitative estimate of drug-likeness (QED) is 0.528. The van der Waals surface area contributed by atoms with Gasteiger partial charge in [-0.05, 0) is 40.2 Å². The fraction of sp³-hybridized carbons (Fsp3) is 0.111. The van der Waals surface area contributed by atoms with Crippen LogP contribution >= 0.6 is 15.9 Å². The first kappa shape index (κ1) is 20.8. The Hall–Kier alpha value is -2.92. The van der Waals surface area contributed by atoms with E-state index in [0.717, 1.165) is 24.3 Å². The topological polar surface area (TPSA) is 98.6 Å². The Kier molecular flexibility index (Phi) is 5.89. The molecule has 11 heteroatoms. The van der Waals surface area contributed by atoms with Crippen LogP contribution in [0.15, 0.2) is 39.4 Å². The molecule has 0 aliphatic heterocycles. The standard InChI is InChI=1S/C18H11BrF4N2O4/c19-16-15(8-2-1-7(20)5-10(8)22)25-18(29-16)12(6-26)28-11-4-3-9(21)13(14(11)23)17(24)27/h1-5,12,26H,6H2,(H2,24,27)/t12-/m1/s1. The van der Waals surface area contributed by atoms with Crippen LogP contribution in [0.2, 0.25) is 0 Å². The van der Waals surface area contributed by atoms with Crippen LogP contribution in [0.4, 0.5) is 17.6 Å². The highest BCUT2D eigenvalue weighted by atomic mass is 79.9. The van der Waals surface area contributed by atoms with E-state index >= 15 is 0 Å². The Morgan fingerprint density at radius 1 is 1.21 bits per heavy atom. The second-order valence-corrected chi connectivity index (χ2v) is 6.41. The second kappa shape index (κ2) is 8.21. The Morgan fingerprint density at radius 3 is 2.55 bits per heavy atom. The molecule has 1 heterocycles. The number of carbonyl (C=O) groups excluding carboxylic acids is 1. The number of nitrogens with two attached hydrogens (primary N) is 1. The van der Waals surface area contributed by atoms with Gasteiger partial charge in [0.2, 0.25) is 5.89 Å². The molecule has 0 bridgehead atoms. The number of primary amides is 1. The highest BCUT2D eigenvalue weighted by Gasteiger charge is 2.27. The molecule has 152 valence electrons. The van der Waals surface area contributed by atoms with Crippen molar-refractivity contribution < 1.29 is 36.6 Å². The van der Waals surface area contributed by atoms with E-state index in [1.54, 1.807) is 0 Å². The van der Waals surface area contributed by atoms with Gasteiger partial charge in [0.1, 0.15) is 28.7 Å². The number of hydrogen-bond acceptors (Lipinski definition) is 5. The average Bonchev–Trinajstić information content (AvgIpc) is 3.02. The molecule has 0 saturated heterocycles. The lowest BCUT2D eigenvalue weighted by Gasteiger charge is -2.15. The monoisotopic (exact) mass is 474 g/mol. The molecule has 29 heavy (non-hydrogen) atoms. The first-order valence-corrected chi connectivity index (χ1v) is 8.69. The third-order valence-electron chi connectivity index (χ3n) is 3.80. The summed E-state index contributed by atoms with van der Waals surface area (Å²) in [7, 11) is 0. The Morgan fingerprint density at radius 2 is 1.93 bits per heavy atom. The maximum Gasteiger partial charge on any atom is 0.254 e. The van der Waals surface area contributed by atoms with Crippen LogP contribution in [-0.2, 0) is 0 Å². The van der Waals surface area contributed by atoms with E-state index in [-0.39, 0.29) is 21.8 Å². The van der Waals surface area contributed by atoms with Crippen LogP contribution in [0.25, 0.3) is 11.3 Å². The van der Waals surface area contributed by atoms with Crippen molar-refractivity contribution in [2.45, 2.75) is 6.10 Å². The van der Waals surface area contributed by atoms with E-state index in [1.165, 1.54) is 0 Å². The number of ether oxygens (including phenoxy) is 1. The highest BCUT2D eigenvalue weighted by Crippen LogP contribution is 2.34. The van der Waals surface area contributed by atoms with Gasteiger partial charge >= 0.3 is 0 Å². The van der Waals surface area contributed by atoms with E-state index in [1.807, 2.05) is 0 Å². The summed E-state index contributed by atoms with van der Waals surface area (Å²) in [6.07, 6.45) is -1.40. The molecule has 3 aromatic rings. The third-order valence-corrected chi connectivity index (χ3v) is 4.34. The van der Waals surface area contributed by atoms with Crippen molar-refractivity contribution in [1.82, 2.24) is 4.98 Å². The summed E-state index contributed by atoms with van der Waals surface area (Å²) in [6, 6.07) is 4.44. The van der Waals surface area contributed by atoms with Crippen molar-refractivity contribution >= 4 is 21.8 Å². The van der Waals surface area contributed by atoms with Crippen molar-refractivity contribution in [3.8, 4) is 17.0 Å². The van der Waals surface area contributed by atoms with Gasteiger partial charge in [-0.2, -0.15) is 0 Å². The summed E-state index contributed by atoms with van der Waals surface area (Å²) in [6.45, 7) is -0.763. The van der Waals surface area contributed by atoms with Gasteiger partial charge in [0.25, 0.3) is 5.91 Å². The zero-order valence-electron chi connectivity index (χ0n) is 14.3. The van der Waals surface area contributed by atoms with Crippen molar-refractivity contribution in [2.75, 3.05) is 6.61 Å². The minimum Gasteiger partial charge on any atom is -0.475 e. The molecule has 1 aromatic heterocycles. The number of benzene rings is 2. The van der Waals surface area contributed by atoms with Crippen molar-refractivity contribution in [2.24, 2.45) is 5.73 Å². The second-order valence-electron chi connectivity index (χ2n) is 5.69. The van der Waals surface area contributed by atoms with Crippen LogP contribution in [0, 0.1) is 23.3 Å². The van der Waals surface area contributed by atoms with Gasteiger partial charge in [-0.3, -0.25) is 4.79 Å². The number of nitrogens with zero attached hydrogens (tertiary/aromatic N) is 1. The summed E-state index contributed by atoms with van der Waals surface area (Å²) in [4.78, 5) is 15.2. The number of halogens is 5. The summed E-state index contributed by atoms with van der Waals surface area (Å²) < 4.78 is 65.5. The lowest BCUT2D eigenvalue weighted by atomic mass is 10.1. The smallest absolute Gasteiger partial charge is 0.254 e. The minimum atomic E-state index is -1.40. The van der Waals surface area contributed by atoms with E-state index in [4.69, 9.17) is 14.9 Å². The normalized spacial score (nSPS) is 12.1. The van der Waals surface area contributed by atoms with Gasteiger partial charge in [0, 0.05) is 11.6 Å². The van der Waals surface area contributed by atoms with Crippen molar-refractivity contribution in [3.05, 3.63) is 69.7 Å². The number of oxazole rings is 1. The minimum absolute atomic E-state index is 0.0579. The van der Waals surface area contributed by atoms with Gasteiger partial charge in [-0.25, -0.2) is 22.5 Å². The maximum atomic E-state index is 14.3. The highest BCUT2D eigenvalue weighted by molar-refractivity contribution is 9.10. The number of hydrogen-bond donors (Lipinski definition) is 2. The van der Waals surface area contributed by atoms with Gasteiger partial charge in [0.05, 0.1) is 6.61 Å². The molecule has 0 aliphatic carbocycles. The molecule has 0 aliphatic rings. The summed E-state index contributed by atoms with van der Waals surface area (Å²) in [5.41, 5.74) is 3.77. The number of rotatable bonds is 6. The van der Waals surface area contributed by atoms with Gasteiger partial charge in [0.15, 0.2) is 22.3 Å². The van der Waals surface area contributed by atoms with Crippen LogP contribution in [0.1, 0.15) is 22.4 Å². The summed E-state index contributed by atoms with van der Waals surface area (Å²) in [5, 5.41) is 9.57. The fourth-order valence-corrected chi connectivity index (χ4v) is 2.94. The molecular formula is C18H11BrF4N2O4. The summed E-state index contributed by atoms with van der Waals surface area (Å²) in [5.74, 6) is -6.49. The zero-order chi connectivity index (χ0) is 21.3. The van der Waals surface area contributed by atoms with Crippen LogP contribution < -0.4 is 10.5 Å². The van der Waals surface area contributed by atoms with Crippen molar-refractivity contribution in [3.63, 3.8) is 0 Å². The first-order valence-electron chi connectivity index (χ1n) is 7.89. The van der Waals surface area contributed by atoms with E-state index in [0.29, 0.717) is 6.07 Å². The zero-order valence-corrected chi connectivity index (χ0v) is 15.8. The van der Waals surface area contributed by atoms with Crippen LogP contribution in [0.3, 0.4) is 0 Å². The van der Waals surface area contributed by atoms with E-state index in [2.05, 4.69) is 20.9 Å². The molecule has 2 aromatic carbocycles. The Bertz CT molecular complexity index is 1090. The average molecular weight is 475 g/mol. The molecule has 0 radical (unpaired) electrons. The molecule has 6 nitrogen and oxygen atoms in total. The molecule has 0 saturated carbocycles. The van der Waals surface area contributed by atoms with Crippen LogP contribution in [0.5, 0.6) is 5.75 Å². The predicted molar refractivity (Wildman–Crippen MR) is 94.9 cm³/mol. The predicted octanol–water partition coefficient (Wildman–Crippen LogP) is 3.87. The largest absolute Gasteiger partial charge is 0.475 e. The first-order chi connectivity index (χ1) is 13.7.